The standard InChI is InChI=1S/C6H9ClO3.C3H9N/c1-2-10-6(9)3-5(8)4-7;1-4(2)3/h2-4H2,1H3;1-3H3. The molecule has 0 saturated heterocycles. The van der Waals surface area contributed by atoms with E-state index >= 15 is 0 Å². The number of nitrogens with zero attached hydrogens (tertiary/aromatic N) is 1. The quantitative estimate of drug-likeness (QED) is 0.404. The Morgan fingerprint density at radius 1 is 1.29 bits per heavy atom. The lowest BCUT2D eigenvalue weighted by Crippen LogP contribution is -2.11. The Morgan fingerprint density at radius 3 is 2.00 bits per heavy atom. The molecule has 0 unspecified atom stereocenters. The first-order chi connectivity index (χ1) is 6.43. The van der Waals surface area contributed by atoms with E-state index in [1.54, 1.807) is 6.92 Å². The summed E-state index contributed by atoms with van der Waals surface area (Å²) in [5.41, 5.74) is 0. The van der Waals surface area contributed by atoms with E-state index in [9.17, 15) is 9.59 Å². The summed E-state index contributed by atoms with van der Waals surface area (Å²) in [7, 11) is 6.00. The normalized spacial score (nSPS) is 9.00. The van der Waals surface area contributed by atoms with Crippen molar-refractivity contribution in [2.24, 2.45) is 0 Å². The fraction of sp³-hybridized carbons (Fsp3) is 0.778. The van der Waals surface area contributed by atoms with Gasteiger partial charge >= 0.3 is 5.97 Å². The topological polar surface area (TPSA) is 46.6 Å². The van der Waals surface area contributed by atoms with Gasteiger partial charge in [0.15, 0.2) is 5.78 Å². The summed E-state index contributed by atoms with van der Waals surface area (Å²) in [6.07, 6.45) is -0.211. The highest BCUT2D eigenvalue weighted by molar-refractivity contribution is 6.28. The van der Waals surface area contributed by atoms with Crippen molar-refractivity contribution in [3.63, 3.8) is 0 Å². The van der Waals surface area contributed by atoms with E-state index in [0.29, 0.717) is 6.61 Å². The van der Waals surface area contributed by atoms with Crippen LogP contribution in [0.3, 0.4) is 0 Å². The molecule has 0 atom stereocenters. The van der Waals surface area contributed by atoms with Gasteiger partial charge in [0.05, 0.1) is 12.5 Å². The highest BCUT2D eigenvalue weighted by atomic mass is 35.5. The summed E-state index contributed by atoms with van der Waals surface area (Å²) < 4.78 is 4.50. The second-order valence-corrected chi connectivity index (χ2v) is 3.26. The zero-order valence-electron chi connectivity index (χ0n) is 9.17. The number of rotatable bonds is 4. The van der Waals surface area contributed by atoms with E-state index in [4.69, 9.17) is 11.6 Å². The molecule has 0 spiro atoms. The molecular weight excluding hydrogens is 206 g/mol. The molecule has 0 aromatic carbocycles. The smallest absolute Gasteiger partial charge is 0.313 e. The molecule has 4 nitrogen and oxygen atoms in total. The number of esters is 1. The van der Waals surface area contributed by atoms with Crippen molar-refractivity contribution < 1.29 is 14.3 Å². The van der Waals surface area contributed by atoms with E-state index in [0.717, 1.165) is 0 Å². The summed E-state index contributed by atoms with van der Waals surface area (Å²) in [4.78, 5) is 23.0. The molecular formula is C9H18ClNO3. The number of ketones is 1. The molecule has 84 valence electrons. The summed E-state index contributed by atoms with van der Waals surface area (Å²) in [6.45, 7) is 1.98. The minimum absolute atomic E-state index is 0.126. The number of alkyl halides is 1. The average Bonchev–Trinajstić information content (AvgIpc) is 2.03. The molecule has 5 heteroatoms. The first-order valence-corrected chi connectivity index (χ1v) is 4.81. The maximum atomic E-state index is 10.5. The van der Waals surface area contributed by atoms with Gasteiger partial charge in [-0.3, -0.25) is 9.59 Å². The van der Waals surface area contributed by atoms with Crippen molar-refractivity contribution in [1.82, 2.24) is 4.90 Å². The van der Waals surface area contributed by atoms with Gasteiger partial charge in [-0.05, 0) is 28.1 Å². The number of hydrogen-bond donors (Lipinski definition) is 0. The van der Waals surface area contributed by atoms with Crippen LogP contribution >= 0.6 is 11.6 Å². The first kappa shape index (κ1) is 15.8. The average molecular weight is 224 g/mol. The third kappa shape index (κ3) is 17.5. The first-order valence-electron chi connectivity index (χ1n) is 4.28. The highest BCUT2D eigenvalue weighted by Gasteiger charge is 2.07. The predicted molar refractivity (Wildman–Crippen MR) is 56.6 cm³/mol. The lowest BCUT2D eigenvalue weighted by atomic mass is 10.3. The molecule has 14 heavy (non-hydrogen) atoms. The highest BCUT2D eigenvalue weighted by Crippen LogP contribution is 1.90. The molecule has 0 saturated carbocycles. The summed E-state index contributed by atoms with van der Waals surface area (Å²) in [5.74, 6) is -0.938. The summed E-state index contributed by atoms with van der Waals surface area (Å²) >= 11 is 5.14. The van der Waals surface area contributed by atoms with Gasteiger partial charge < -0.3 is 9.64 Å². The molecule has 0 aliphatic carbocycles. The van der Waals surface area contributed by atoms with E-state index < -0.39 is 5.97 Å². The van der Waals surface area contributed by atoms with Gasteiger partial charge in [-0.15, -0.1) is 11.6 Å². The van der Waals surface area contributed by atoms with Gasteiger partial charge in [0, 0.05) is 0 Å². The predicted octanol–water partition coefficient (Wildman–Crippen LogP) is 0.925. The Bertz CT molecular complexity index is 169. The van der Waals surface area contributed by atoms with Crippen molar-refractivity contribution in [1.29, 1.82) is 0 Å². The third-order valence-electron chi connectivity index (χ3n) is 0.796. The van der Waals surface area contributed by atoms with Gasteiger partial charge in [-0.2, -0.15) is 0 Å². The fourth-order valence-electron chi connectivity index (χ4n) is 0.420. The minimum atomic E-state index is -0.506. The Kier molecular flexibility index (Phi) is 11.9. The third-order valence-corrected chi connectivity index (χ3v) is 1.09. The lowest BCUT2D eigenvalue weighted by molar-refractivity contribution is -0.145. The molecule has 0 heterocycles. The second kappa shape index (κ2) is 10.5. The van der Waals surface area contributed by atoms with E-state index in [1.807, 2.05) is 26.0 Å². The number of carbonyl (C=O) groups excluding carboxylic acids is 2. The van der Waals surface area contributed by atoms with Crippen LogP contribution in [0, 0.1) is 0 Å². The van der Waals surface area contributed by atoms with Crippen LogP contribution in [-0.4, -0.2) is 50.3 Å². The fourth-order valence-corrected chi connectivity index (χ4v) is 0.515. The Hall–Kier alpha value is -0.610. The molecule has 0 rings (SSSR count). The van der Waals surface area contributed by atoms with Gasteiger partial charge in [-0.1, -0.05) is 0 Å². The number of hydrogen-bond acceptors (Lipinski definition) is 4. The summed E-state index contributed by atoms with van der Waals surface area (Å²) in [6, 6.07) is 0. The van der Waals surface area contributed by atoms with Crippen LogP contribution in [0.4, 0.5) is 0 Å². The number of Topliss-reactive ketones (excluding diaryl/α,β-unsaturated/α-hetero) is 1. The summed E-state index contributed by atoms with van der Waals surface area (Å²) in [5, 5.41) is 0. The lowest BCUT2D eigenvalue weighted by Gasteiger charge is -1.97. The van der Waals surface area contributed by atoms with Gasteiger partial charge in [-0.25, -0.2) is 0 Å². The Labute approximate surface area is 90.2 Å². The van der Waals surface area contributed by atoms with Crippen LogP contribution in [0.1, 0.15) is 13.3 Å². The largest absolute Gasteiger partial charge is 0.466 e. The van der Waals surface area contributed by atoms with Crippen molar-refractivity contribution in [2.45, 2.75) is 13.3 Å². The molecule has 0 aromatic heterocycles. The van der Waals surface area contributed by atoms with Crippen LogP contribution < -0.4 is 0 Å². The molecule has 0 aliphatic heterocycles. The molecule has 0 fully saturated rings. The Balaban J connectivity index is 0. The zero-order valence-corrected chi connectivity index (χ0v) is 9.93. The number of ether oxygens (including phenoxy) is 1. The van der Waals surface area contributed by atoms with Crippen LogP contribution in [0.15, 0.2) is 0 Å². The van der Waals surface area contributed by atoms with Crippen LogP contribution in [0.2, 0.25) is 0 Å². The SMILES string of the molecule is CCOC(=O)CC(=O)CCl.CN(C)C. The maximum Gasteiger partial charge on any atom is 0.313 e. The molecule has 0 aliphatic rings. The van der Waals surface area contributed by atoms with E-state index in [1.165, 1.54) is 0 Å². The van der Waals surface area contributed by atoms with Crippen molar-refractivity contribution in [2.75, 3.05) is 33.6 Å². The van der Waals surface area contributed by atoms with E-state index in [-0.39, 0.29) is 18.1 Å². The van der Waals surface area contributed by atoms with E-state index in [2.05, 4.69) is 4.74 Å². The van der Waals surface area contributed by atoms with Crippen molar-refractivity contribution in [3.8, 4) is 0 Å². The maximum absolute atomic E-state index is 10.5. The van der Waals surface area contributed by atoms with Crippen LogP contribution in [0.25, 0.3) is 0 Å². The van der Waals surface area contributed by atoms with Crippen molar-refractivity contribution >= 4 is 23.4 Å². The monoisotopic (exact) mass is 223 g/mol. The van der Waals surface area contributed by atoms with Gasteiger partial charge in [0.1, 0.15) is 6.42 Å². The zero-order chi connectivity index (χ0) is 11.6. The van der Waals surface area contributed by atoms with Crippen LogP contribution in [0.5, 0.6) is 0 Å². The van der Waals surface area contributed by atoms with Gasteiger partial charge in [0.25, 0.3) is 0 Å². The Morgan fingerprint density at radius 2 is 1.71 bits per heavy atom. The van der Waals surface area contributed by atoms with Crippen LogP contribution in [-0.2, 0) is 14.3 Å². The molecule has 0 aromatic rings. The minimum Gasteiger partial charge on any atom is -0.466 e. The van der Waals surface area contributed by atoms with Crippen molar-refractivity contribution in [3.05, 3.63) is 0 Å². The molecule has 0 amide bonds. The molecule has 0 radical (unpaired) electrons. The molecule has 0 N–H and O–H groups in total. The number of halogens is 1. The molecule has 0 bridgehead atoms. The number of carbonyl (C=O) groups is 2. The van der Waals surface area contributed by atoms with Gasteiger partial charge in [0.2, 0.25) is 0 Å². The second-order valence-electron chi connectivity index (χ2n) is 3.00.